The highest BCUT2D eigenvalue weighted by Crippen LogP contribution is 2.08. The summed E-state index contributed by atoms with van der Waals surface area (Å²) in [5.74, 6) is 0.616. The van der Waals surface area contributed by atoms with Crippen LogP contribution in [0.4, 0.5) is 0 Å². The van der Waals surface area contributed by atoms with Crippen molar-refractivity contribution in [3.8, 4) is 0 Å². The van der Waals surface area contributed by atoms with Gasteiger partial charge in [-0.2, -0.15) is 0 Å². The summed E-state index contributed by atoms with van der Waals surface area (Å²) in [4.78, 5) is 10.3. The number of hydrogen-bond acceptors (Lipinski definition) is 3. The molecule has 0 aromatic carbocycles. The first-order valence-electron chi connectivity index (χ1n) is 1.95. The number of nitrogens with two attached hydrogens (primary N) is 1. The minimum absolute atomic E-state index is 0.0509. The Hall–Kier alpha value is -0.220. The molecule has 0 spiro atoms. The van der Waals surface area contributed by atoms with Gasteiger partial charge < -0.3 is 11.1 Å². The van der Waals surface area contributed by atoms with E-state index in [1.807, 2.05) is 0 Å². The Labute approximate surface area is 45.6 Å². The van der Waals surface area contributed by atoms with E-state index >= 15 is 0 Å². The second-order valence-electron chi connectivity index (χ2n) is 1.27. The fourth-order valence-corrected chi connectivity index (χ4v) is 1.02. The van der Waals surface area contributed by atoms with Gasteiger partial charge in [0.1, 0.15) is 5.37 Å². The summed E-state index contributed by atoms with van der Waals surface area (Å²) in [7, 11) is 0. The molecule has 1 amide bonds. The summed E-state index contributed by atoms with van der Waals surface area (Å²) < 4.78 is 0. The second-order valence-corrected chi connectivity index (χ2v) is 2.40. The van der Waals surface area contributed by atoms with E-state index in [0.29, 0.717) is 5.88 Å². The molecule has 1 saturated heterocycles. The van der Waals surface area contributed by atoms with E-state index in [0.717, 1.165) is 0 Å². The summed E-state index contributed by atoms with van der Waals surface area (Å²) in [6.45, 7) is 0. The number of hydrogen-bond donors (Lipinski definition) is 2. The van der Waals surface area contributed by atoms with Crippen LogP contribution in [0.1, 0.15) is 0 Å². The molecule has 0 saturated carbocycles. The van der Waals surface area contributed by atoms with Crippen molar-refractivity contribution in [3.05, 3.63) is 0 Å². The summed E-state index contributed by atoms with van der Waals surface area (Å²) >= 11 is 1.42. The van der Waals surface area contributed by atoms with Gasteiger partial charge in [-0.1, -0.05) is 0 Å². The van der Waals surface area contributed by atoms with Gasteiger partial charge in [-0.05, 0) is 0 Å². The quantitative estimate of drug-likeness (QED) is 0.433. The normalized spacial score (nSPS) is 30.4. The lowest BCUT2D eigenvalue weighted by Crippen LogP contribution is -2.28. The maximum absolute atomic E-state index is 10.3. The van der Waals surface area contributed by atoms with Crippen LogP contribution >= 0.6 is 11.8 Å². The molecular weight excluding hydrogens is 112 g/mol. The largest absolute Gasteiger partial charge is 0.345 e. The molecule has 7 heavy (non-hydrogen) atoms. The van der Waals surface area contributed by atoms with Crippen molar-refractivity contribution >= 4 is 17.7 Å². The summed E-state index contributed by atoms with van der Waals surface area (Å²) in [5.41, 5.74) is 5.23. The lowest BCUT2D eigenvalue weighted by molar-refractivity contribution is -0.119. The highest BCUT2D eigenvalue weighted by atomic mass is 32.2. The Morgan fingerprint density at radius 3 is 2.86 bits per heavy atom. The minimum atomic E-state index is -0.319. The van der Waals surface area contributed by atoms with E-state index in [9.17, 15) is 4.79 Å². The molecular formula is C3H6N2OS. The van der Waals surface area contributed by atoms with E-state index in [1.54, 1.807) is 0 Å². The minimum Gasteiger partial charge on any atom is -0.345 e. The molecule has 1 heterocycles. The molecule has 1 fully saturated rings. The summed E-state index contributed by atoms with van der Waals surface area (Å²) in [5, 5.41) is 2.25. The molecule has 1 aliphatic rings. The van der Waals surface area contributed by atoms with E-state index < -0.39 is 0 Å². The Bertz CT molecular complexity index is 94.9. The van der Waals surface area contributed by atoms with Crippen LogP contribution in [0, 0.1) is 0 Å². The van der Waals surface area contributed by atoms with Crippen molar-refractivity contribution in [3.63, 3.8) is 0 Å². The zero-order valence-corrected chi connectivity index (χ0v) is 4.49. The number of nitrogens with one attached hydrogen (secondary N) is 1. The van der Waals surface area contributed by atoms with E-state index in [1.165, 1.54) is 11.8 Å². The SMILES string of the molecule is NC1SCNC1=O. The van der Waals surface area contributed by atoms with Crippen LogP contribution in [0.25, 0.3) is 0 Å². The lowest BCUT2D eigenvalue weighted by Gasteiger charge is -1.90. The molecule has 0 aliphatic carbocycles. The Morgan fingerprint density at radius 2 is 2.71 bits per heavy atom. The molecule has 1 atom stereocenters. The van der Waals surface area contributed by atoms with Crippen molar-refractivity contribution in [1.29, 1.82) is 0 Å². The Balaban J connectivity index is 2.48. The zero-order valence-electron chi connectivity index (χ0n) is 3.68. The van der Waals surface area contributed by atoms with Crippen LogP contribution in [0.2, 0.25) is 0 Å². The number of thioether (sulfide) groups is 1. The van der Waals surface area contributed by atoms with Gasteiger partial charge in [0.2, 0.25) is 5.91 Å². The Morgan fingerprint density at radius 1 is 2.00 bits per heavy atom. The molecule has 0 bridgehead atoms. The van der Waals surface area contributed by atoms with Crippen molar-refractivity contribution < 1.29 is 4.79 Å². The van der Waals surface area contributed by atoms with Crippen molar-refractivity contribution in [2.24, 2.45) is 5.73 Å². The number of carbonyl (C=O) groups excluding carboxylic acids is 1. The predicted octanol–water partition coefficient (Wildman–Crippen LogP) is -0.908. The number of carbonyl (C=O) groups is 1. The smallest absolute Gasteiger partial charge is 0.248 e. The summed E-state index contributed by atoms with van der Waals surface area (Å²) in [6.07, 6.45) is 0. The third-order valence-electron chi connectivity index (χ3n) is 0.768. The molecule has 40 valence electrons. The average Bonchev–Trinajstić information content (AvgIpc) is 1.91. The third kappa shape index (κ3) is 0.863. The van der Waals surface area contributed by atoms with Crippen molar-refractivity contribution in [2.45, 2.75) is 5.37 Å². The first-order chi connectivity index (χ1) is 3.30. The lowest BCUT2D eigenvalue weighted by atomic mass is 10.6. The van der Waals surface area contributed by atoms with Gasteiger partial charge in [-0.3, -0.25) is 4.79 Å². The van der Waals surface area contributed by atoms with E-state index in [4.69, 9.17) is 5.73 Å². The van der Waals surface area contributed by atoms with Gasteiger partial charge in [0.25, 0.3) is 0 Å². The van der Waals surface area contributed by atoms with Gasteiger partial charge >= 0.3 is 0 Å². The molecule has 0 radical (unpaired) electrons. The van der Waals surface area contributed by atoms with Gasteiger partial charge in [0.15, 0.2) is 0 Å². The number of rotatable bonds is 0. The fraction of sp³-hybridized carbons (Fsp3) is 0.667. The van der Waals surface area contributed by atoms with Gasteiger partial charge in [0, 0.05) is 0 Å². The maximum atomic E-state index is 10.3. The summed E-state index contributed by atoms with van der Waals surface area (Å²) in [6, 6.07) is 0. The van der Waals surface area contributed by atoms with Crippen LogP contribution in [0.3, 0.4) is 0 Å². The molecule has 3 nitrogen and oxygen atoms in total. The van der Waals surface area contributed by atoms with E-state index in [2.05, 4.69) is 5.32 Å². The third-order valence-corrected chi connectivity index (χ3v) is 1.65. The second kappa shape index (κ2) is 1.71. The first kappa shape index (κ1) is 4.93. The predicted molar refractivity (Wildman–Crippen MR) is 28.6 cm³/mol. The van der Waals surface area contributed by atoms with E-state index in [-0.39, 0.29) is 11.3 Å². The molecule has 3 N–H and O–H groups in total. The average molecular weight is 118 g/mol. The first-order valence-corrected chi connectivity index (χ1v) is 3.00. The van der Waals surface area contributed by atoms with Crippen LogP contribution in [-0.2, 0) is 4.79 Å². The molecule has 1 aliphatic heterocycles. The monoisotopic (exact) mass is 118 g/mol. The molecule has 0 aromatic heterocycles. The van der Waals surface area contributed by atoms with Gasteiger partial charge in [-0.15, -0.1) is 11.8 Å². The van der Waals surface area contributed by atoms with Crippen LogP contribution in [0.15, 0.2) is 0 Å². The highest BCUT2D eigenvalue weighted by molar-refractivity contribution is 8.01. The standard InChI is InChI=1S/C3H6N2OS/c4-2-3(6)5-1-7-2/h2H,1,4H2,(H,5,6). The van der Waals surface area contributed by atoms with Gasteiger partial charge in [-0.25, -0.2) is 0 Å². The molecule has 4 heteroatoms. The molecule has 1 rings (SSSR count). The van der Waals surface area contributed by atoms with Crippen LogP contribution in [0.5, 0.6) is 0 Å². The fourth-order valence-electron chi connectivity index (χ4n) is 0.379. The number of amides is 1. The van der Waals surface area contributed by atoms with Crippen LogP contribution in [-0.4, -0.2) is 17.2 Å². The topological polar surface area (TPSA) is 55.1 Å². The molecule has 0 aromatic rings. The highest BCUT2D eigenvalue weighted by Gasteiger charge is 2.18. The van der Waals surface area contributed by atoms with Crippen molar-refractivity contribution in [1.82, 2.24) is 5.32 Å². The Kier molecular flexibility index (Phi) is 1.21. The van der Waals surface area contributed by atoms with Crippen LogP contribution < -0.4 is 11.1 Å². The molecule has 1 unspecified atom stereocenters. The maximum Gasteiger partial charge on any atom is 0.248 e. The zero-order chi connectivity index (χ0) is 5.28. The van der Waals surface area contributed by atoms with Gasteiger partial charge in [0.05, 0.1) is 5.88 Å². The van der Waals surface area contributed by atoms with Crippen molar-refractivity contribution in [2.75, 3.05) is 5.88 Å².